The maximum Gasteiger partial charge on any atom is 0.158 e. The summed E-state index contributed by atoms with van der Waals surface area (Å²) in [4.78, 5) is 0. The number of alkyl halides is 1. The Kier molecular flexibility index (Phi) is 2.88. The van der Waals surface area contributed by atoms with Crippen LogP contribution in [0.15, 0.2) is 24.3 Å². The molecule has 16 heavy (non-hydrogen) atoms. The first kappa shape index (κ1) is 10.6. The van der Waals surface area contributed by atoms with Gasteiger partial charge in [-0.1, -0.05) is 24.3 Å². The van der Waals surface area contributed by atoms with Crippen LogP contribution in [0.3, 0.4) is 0 Å². The number of benzene rings is 1. The number of ether oxygens (including phenoxy) is 2. The summed E-state index contributed by atoms with van der Waals surface area (Å²) in [7, 11) is 0. The molecule has 86 valence electrons. The summed E-state index contributed by atoms with van der Waals surface area (Å²) in [6, 6.07) is 8.33. The number of hydrogen-bond acceptors (Lipinski definition) is 2. The molecule has 1 aromatic carbocycles. The van der Waals surface area contributed by atoms with Crippen LogP contribution in [0.1, 0.15) is 30.1 Å². The third-order valence-corrected chi connectivity index (χ3v) is 3.67. The quantitative estimate of drug-likeness (QED) is 0.738. The fourth-order valence-electron chi connectivity index (χ4n) is 2.49. The van der Waals surface area contributed by atoms with Crippen molar-refractivity contribution in [2.75, 3.05) is 6.61 Å². The highest BCUT2D eigenvalue weighted by Crippen LogP contribution is 2.39. The SMILES string of the molecule is ClC1Cc2ccccc2C1OC1CCCO1. The minimum absolute atomic E-state index is 0.000895. The molecule has 1 heterocycles. The summed E-state index contributed by atoms with van der Waals surface area (Å²) < 4.78 is 11.5. The molecular formula is C13H15ClO2. The molecule has 1 aliphatic carbocycles. The molecule has 0 aromatic heterocycles. The molecule has 2 nitrogen and oxygen atoms in total. The second kappa shape index (κ2) is 4.36. The van der Waals surface area contributed by atoms with Crippen LogP contribution in [0, 0.1) is 0 Å². The molecule has 0 N–H and O–H groups in total. The van der Waals surface area contributed by atoms with Crippen LogP contribution in [-0.4, -0.2) is 18.3 Å². The van der Waals surface area contributed by atoms with Crippen molar-refractivity contribution in [3.8, 4) is 0 Å². The maximum atomic E-state index is 6.34. The van der Waals surface area contributed by atoms with E-state index in [4.69, 9.17) is 21.1 Å². The molecule has 3 rings (SSSR count). The van der Waals surface area contributed by atoms with Gasteiger partial charge in [0, 0.05) is 13.0 Å². The predicted molar refractivity (Wildman–Crippen MR) is 62.6 cm³/mol. The summed E-state index contributed by atoms with van der Waals surface area (Å²) in [5.41, 5.74) is 2.54. The molecule has 3 unspecified atom stereocenters. The van der Waals surface area contributed by atoms with E-state index >= 15 is 0 Å². The summed E-state index contributed by atoms with van der Waals surface area (Å²) >= 11 is 6.34. The Morgan fingerprint density at radius 3 is 3.00 bits per heavy atom. The zero-order valence-electron chi connectivity index (χ0n) is 9.06. The van der Waals surface area contributed by atoms with Gasteiger partial charge in [-0.05, 0) is 24.0 Å². The maximum absolute atomic E-state index is 6.34. The minimum atomic E-state index is -0.0580. The van der Waals surface area contributed by atoms with Gasteiger partial charge in [-0.25, -0.2) is 0 Å². The third kappa shape index (κ3) is 1.86. The molecule has 0 amide bonds. The predicted octanol–water partition coefficient (Wildman–Crippen LogP) is 3.04. The van der Waals surface area contributed by atoms with E-state index in [-0.39, 0.29) is 17.8 Å². The second-order valence-corrected chi connectivity index (χ2v) is 4.98. The number of halogens is 1. The van der Waals surface area contributed by atoms with Crippen molar-refractivity contribution >= 4 is 11.6 Å². The molecule has 0 saturated carbocycles. The first-order chi connectivity index (χ1) is 7.84. The Labute approximate surface area is 101 Å². The van der Waals surface area contributed by atoms with E-state index < -0.39 is 0 Å². The first-order valence-electron chi connectivity index (χ1n) is 5.83. The molecule has 0 radical (unpaired) electrons. The van der Waals surface area contributed by atoms with Crippen LogP contribution in [-0.2, 0) is 15.9 Å². The average Bonchev–Trinajstić information content (AvgIpc) is 2.89. The average molecular weight is 239 g/mol. The fourth-order valence-corrected chi connectivity index (χ4v) is 2.85. The Balaban J connectivity index is 1.79. The van der Waals surface area contributed by atoms with E-state index in [1.54, 1.807) is 0 Å². The Hall–Kier alpha value is -0.570. The minimum Gasteiger partial charge on any atom is -0.353 e. The molecule has 3 heteroatoms. The Bertz CT molecular complexity index is 374. The molecule has 0 spiro atoms. The zero-order valence-corrected chi connectivity index (χ0v) is 9.82. The molecule has 1 aromatic rings. The van der Waals surface area contributed by atoms with Gasteiger partial charge in [-0.3, -0.25) is 0 Å². The molecule has 0 bridgehead atoms. The van der Waals surface area contributed by atoms with Crippen LogP contribution in [0.2, 0.25) is 0 Å². The van der Waals surface area contributed by atoms with E-state index in [0.29, 0.717) is 0 Å². The lowest BCUT2D eigenvalue weighted by Crippen LogP contribution is -2.19. The van der Waals surface area contributed by atoms with E-state index in [1.807, 2.05) is 6.07 Å². The van der Waals surface area contributed by atoms with E-state index in [2.05, 4.69) is 18.2 Å². The van der Waals surface area contributed by atoms with Gasteiger partial charge in [-0.2, -0.15) is 0 Å². The fraction of sp³-hybridized carbons (Fsp3) is 0.538. The standard InChI is InChI=1S/C13H15ClO2/c14-11-8-9-4-1-2-5-10(9)13(11)16-12-6-3-7-15-12/h1-2,4-5,11-13H,3,6-8H2. The van der Waals surface area contributed by atoms with Gasteiger partial charge in [0.2, 0.25) is 0 Å². The van der Waals surface area contributed by atoms with E-state index in [0.717, 1.165) is 25.9 Å². The van der Waals surface area contributed by atoms with Crippen LogP contribution in [0.5, 0.6) is 0 Å². The first-order valence-corrected chi connectivity index (χ1v) is 6.27. The molecule has 1 fully saturated rings. The van der Waals surface area contributed by atoms with Gasteiger partial charge in [0.15, 0.2) is 6.29 Å². The van der Waals surface area contributed by atoms with E-state index in [1.165, 1.54) is 11.1 Å². The summed E-state index contributed by atoms with van der Waals surface area (Å²) in [5.74, 6) is 0. The summed E-state index contributed by atoms with van der Waals surface area (Å²) in [6.45, 7) is 0.811. The van der Waals surface area contributed by atoms with E-state index in [9.17, 15) is 0 Å². The van der Waals surface area contributed by atoms with Crippen molar-refractivity contribution in [2.24, 2.45) is 0 Å². The molecule has 3 atom stereocenters. The van der Waals surface area contributed by atoms with Crippen molar-refractivity contribution in [1.82, 2.24) is 0 Å². The van der Waals surface area contributed by atoms with Gasteiger partial charge < -0.3 is 9.47 Å². The van der Waals surface area contributed by atoms with Crippen LogP contribution in [0.4, 0.5) is 0 Å². The second-order valence-electron chi connectivity index (χ2n) is 4.42. The number of rotatable bonds is 2. The van der Waals surface area contributed by atoms with Gasteiger partial charge in [-0.15, -0.1) is 11.6 Å². The molecular weight excluding hydrogens is 224 g/mol. The van der Waals surface area contributed by atoms with Crippen molar-refractivity contribution in [2.45, 2.75) is 37.0 Å². The van der Waals surface area contributed by atoms with Gasteiger partial charge >= 0.3 is 0 Å². The summed E-state index contributed by atoms with van der Waals surface area (Å²) in [5, 5.41) is 0.0431. The van der Waals surface area contributed by atoms with Crippen molar-refractivity contribution in [3.63, 3.8) is 0 Å². The van der Waals surface area contributed by atoms with Gasteiger partial charge in [0.05, 0.1) is 5.38 Å². The lowest BCUT2D eigenvalue weighted by molar-refractivity contribution is -0.144. The highest BCUT2D eigenvalue weighted by Gasteiger charge is 2.34. The number of fused-ring (bicyclic) bond motifs is 1. The monoisotopic (exact) mass is 238 g/mol. The smallest absolute Gasteiger partial charge is 0.158 e. The topological polar surface area (TPSA) is 18.5 Å². The van der Waals surface area contributed by atoms with Gasteiger partial charge in [0.1, 0.15) is 6.10 Å². The lowest BCUT2D eigenvalue weighted by atomic mass is 10.1. The summed E-state index contributed by atoms with van der Waals surface area (Å²) in [6.07, 6.45) is 2.92. The third-order valence-electron chi connectivity index (χ3n) is 3.29. The molecule has 2 aliphatic rings. The highest BCUT2D eigenvalue weighted by molar-refractivity contribution is 6.21. The largest absolute Gasteiger partial charge is 0.353 e. The van der Waals surface area contributed by atoms with Crippen LogP contribution >= 0.6 is 11.6 Å². The lowest BCUT2D eigenvalue weighted by Gasteiger charge is -2.20. The molecule has 1 aliphatic heterocycles. The van der Waals surface area contributed by atoms with Gasteiger partial charge in [0.25, 0.3) is 0 Å². The highest BCUT2D eigenvalue weighted by atomic mass is 35.5. The van der Waals surface area contributed by atoms with Crippen molar-refractivity contribution in [1.29, 1.82) is 0 Å². The van der Waals surface area contributed by atoms with Crippen LogP contribution < -0.4 is 0 Å². The van der Waals surface area contributed by atoms with Crippen molar-refractivity contribution < 1.29 is 9.47 Å². The zero-order chi connectivity index (χ0) is 11.0. The Morgan fingerprint density at radius 1 is 1.31 bits per heavy atom. The molecule has 1 saturated heterocycles. The number of hydrogen-bond donors (Lipinski definition) is 0. The van der Waals surface area contributed by atoms with Crippen molar-refractivity contribution in [3.05, 3.63) is 35.4 Å². The Morgan fingerprint density at radius 2 is 2.19 bits per heavy atom. The normalized spacial score (nSPS) is 32.9. The van der Waals surface area contributed by atoms with Crippen LogP contribution in [0.25, 0.3) is 0 Å².